The monoisotopic (exact) mass is 313 g/mol. The summed E-state index contributed by atoms with van der Waals surface area (Å²) in [6, 6.07) is 8.41. The zero-order chi connectivity index (χ0) is 17.3. The standard InChI is InChI=1S/C19H23NO3/c1-18(2)10-15(11-19(3,4)23-18)17(22)9-16(21)14-7-5-13(12-20)6-8-14/h5-8,15H,9-11H2,1-4H3. The van der Waals surface area contributed by atoms with Crippen LogP contribution in [0.5, 0.6) is 0 Å². The van der Waals surface area contributed by atoms with Crippen molar-refractivity contribution in [2.24, 2.45) is 5.92 Å². The Balaban J connectivity index is 2.06. The third kappa shape index (κ3) is 4.49. The molecule has 1 aromatic carbocycles. The lowest BCUT2D eigenvalue weighted by Gasteiger charge is -2.44. The lowest BCUT2D eigenvalue weighted by Crippen LogP contribution is -2.47. The fourth-order valence-electron chi connectivity index (χ4n) is 3.45. The van der Waals surface area contributed by atoms with Gasteiger partial charge in [0.15, 0.2) is 5.78 Å². The molecule has 4 heteroatoms. The number of benzene rings is 1. The van der Waals surface area contributed by atoms with Crippen LogP contribution in [0.15, 0.2) is 24.3 Å². The van der Waals surface area contributed by atoms with Gasteiger partial charge in [-0.15, -0.1) is 0 Å². The Morgan fingerprint density at radius 3 is 2.13 bits per heavy atom. The number of hydrogen-bond donors (Lipinski definition) is 0. The molecule has 2 rings (SSSR count). The van der Waals surface area contributed by atoms with Gasteiger partial charge >= 0.3 is 0 Å². The van der Waals surface area contributed by atoms with E-state index < -0.39 is 0 Å². The molecule has 23 heavy (non-hydrogen) atoms. The van der Waals surface area contributed by atoms with Crippen LogP contribution in [0.25, 0.3) is 0 Å². The molecule has 0 amide bonds. The summed E-state index contributed by atoms with van der Waals surface area (Å²) >= 11 is 0. The van der Waals surface area contributed by atoms with Gasteiger partial charge in [0, 0.05) is 11.5 Å². The van der Waals surface area contributed by atoms with Crippen molar-refractivity contribution in [1.82, 2.24) is 0 Å². The lowest BCUT2D eigenvalue weighted by atomic mass is 9.77. The Kier molecular flexibility index (Phi) is 4.72. The highest BCUT2D eigenvalue weighted by atomic mass is 16.5. The predicted molar refractivity (Wildman–Crippen MR) is 87.1 cm³/mol. The van der Waals surface area contributed by atoms with E-state index in [0.717, 1.165) is 0 Å². The van der Waals surface area contributed by atoms with Crippen molar-refractivity contribution in [1.29, 1.82) is 5.26 Å². The van der Waals surface area contributed by atoms with E-state index in [1.54, 1.807) is 24.3 Å². The zero-order valence-electron chi connectivity index (χ0n) is 14.2. The van der Waals surface area contributed by atoms with Crippen LogP contribution in [0.3, 0.4) is 0 Å². The van der Waals surface area contributed by atoms with Crippen molar-refractivity contribution in [2.75, 3.05) is 0 Å². The van der Waals surface area contributed by atoms with Crippen LogP contribution in [-0.4, -0.2) is 22.8 Å². The van der Waals surface area contributed by atoms with E-state index in [1.807, 2.05) is 33.8 Å². The first-order chi connectivity index (χ1) is 10.6. The molecule has 1 aliphatic heterocycles. The third-order valence-corrected chi connectivity index (χ3v) is 4.15. The van der Waals surface area contributed by atoms with E-state index in [-0.39, 0.29) is 35.1 Å². The highest BCUT2D eigenvalue weighted by Crippen LogP contribution is 2.39. The van der Waals surface area contributed by atoms with Gasteiger partial charge < -0.3 is 4.74 Å². The largest absolute Gasteiger partial charge is 0.370 e. The summed E-state index contributed by atoms with van der Waals surface area (Å²) in [7, 11) is 0. The van der Waals surface area contributed by atoms with Gasteiger partial charge in [-0.1, -0.05) is 12.1 Å². The van der Waals surface area contributed by atoms with Crippen LogP contribution in [0.4, 0.5) is 0 Å². The van der Waals surface area contributed by atoms with Crippen molar-refractivity contribution >= 4 is 11.6 Å². The highest BCUT2D eigenvalue weighted by Gasteiger charge is 2.42. The predicted octanol–water partition coefficient (Wildman–Crippen LogP) is 3.68. The Morgan fingerprint density at radius 2 is 1.65 bits per heavy atom. The molecule has 122 valence electrons. The van der Waals surface area contributed by atoms with Gasteiger partial charge in [0.2, 0.25) is 0 Å². The summed E-state index contributed by atoms with van der Waals surface area (Å²) in [5.41, 5.74) is 0.253. The van der Waals surface area contributed by atoms with E-state index in [4.69, 9.17) is 10.00 Å². The molecule has 0 atom stereocenters. The molecular weight excluding hydrogens is 290 g/mol. The molecule has 1 aliphatic rings. The van der Waals surface area contributed by atoms with Gasteiger partial charge in [-0.25, -0.2) is 0 Å². The van der Waals surface area contributed by atoms with E-state index in [2.05, 4.69) is 0 Å². The Labute approximate surface area is 137 Å². The number of nitrogens with zero attached hydrogens (tertiary/aromatic N) is 1. The number of rotatable bonds is 4. The molecule has 1 fully saturated rings. The second-order valence-corrected chi connectivity index (χ2v) is 7.48. The quantitative estimate of drug-likeness (QED) is 0.628. The molecule has 0 bridgehead atoms. The van der Waals surface area contributed by atoms with Gasteiger partial charge in [0.1, 0.15) is 5.78 Å². The minimum atomic E-state index is -0.362. The summed E-state index contributed by atoms with van der Waals surface area (Å²) in [4.78, 5) is 24.8. The average molecular weight is 313 g/mol. The summed E-state index contributed by atoms with van der Waals surface area (Å²) in [6.07, 6.45) is 1.18. The molecule has 0 aromatic heterocycles. The Morgan fingerprint density at radius 1 is 1.13 bits per heavy atom. The molecule has 0 N–H and O–H groups in total. The average Bonchev–Trinajstić information content (AvgIpc) is 2.44. The van der Waals surface area contributed by atoms with Gasteiger partial charge in [0.05, 0.1) is 29.3 Å². The van der Waals surface area contributed by atoms with Crippen LogP contribution in [-0.2, 0) is 9.53 Å². The normalized spacial score (nSPS) is 19.8. The van der Waals surface area contributed by atoms with Gasteiger partial charge in [-0.2, -0.15) is 5.26 Å². The van der Waals surface area contributed by atoms with Crippen LogP contribution in [0.2, 0.25) is 0 Å². The Hall–Kier alpha value is -1.99. The first-order valence-electron chi connectivity index (χ1n) is 7.88. The molecular formula is C19H23NO3. The number of carbonyl (C=O) groups is 2. The number of nitriles is 1. The van der Waals surface area contributed by atoms with E-state index in [0.29, 0.717) is 24.0 Å². The maximum Gasteiger partial charge on any atom is 0.170 e. The number of Topliss-reactive ketones (excluding diaryl/α,β-unsaturated/α-hetero) is 2. The molecule has 0 unspecified atom stereocenters. The van der Waals surface area contributed by atoms with Crippen LogP contribution in [0, 0.1) is 17.2 Å². The first-order valence-corrected chi connectivity index (χ1v) is 7.88. The smallest absolute Gasteiger partial charge is 0.170 e. The topological polar surface area (TPSA) is 67.2 Å². The van der Waals surface area contributed by atoms with Crippen molar-refractivity contribution in [2.45, 2.75) is 58.2 Å². The summed E-state index contributed by atoms with van der Waals surface area (Å²) in [5, 5.41) is 8.78. The van der Waals surface area contributed by atoms with Crippen molar-refractivity contribution in [3.8, 4) is 6.07 Å². The molecule has 4 nitrogen and oxygen atoms in total. The number of carbonyl (C=O) groups excluding carboxylic acids is 2. The van der Waals surface area contributed by atoms with E-state index in [9.17, 15) is 9.59 Å². The third-order valence-electron chi connectivity index (χ3n) is 4.15. The van der Waals surface area contributed by atoms with Crippen LogP contribution >= 0.6 is 0 Å². The zero-order valence-corrected chi connectivity index (χ0v) is 14.2. The SMILES string of the molecule is CC1(C)CC(C(=O)CC(=O)c2ccc(C#N)cc2)CC(C)(C)O1. The number of hydrogen-bond acceptors (Lipinski definition) is 4. The summed E-state index contributed by atoms with van der Waals surface area (Å²) in [6.45, 7) is 7.93. The van der Waals surface area contributed by atoms with Crippen molar-refractivity contribution in [3.63, 3.8) is 0 Å². The van der Waals surface area contributed by atoms with Gasteiger partial charge in [-0.05, 0) is 52.7 Å². The molecule has 1 saturated heterocycles. The number of ether oxygens (including phenoxy) is 1. The van der Waals surface area contributed by atoms with E-state index >= 15 is 0 Å². The molecule has 0 saturated carbocycles. The Bertz CT molecular complexity index is 634. The second-order valence-electron chi connectivity index (χ2n) is 7.48. The fourth-order valence-corrected chi connectivity index (χ4v) is 3.45. The summed E-state index contributed by atoms with van der Waals surface area (Å²) < 4.78 is 5.99. The molecule has 1 aromatic rings. The second kappa shape index (κ2) is 6.25. The maximum absolute atomic E-state index is 12.6. The van der Waals surface area contributed by atoms with Gasteiger partial charge in [0.25, 0.3) is 0 Å². The maximum atomic E-state index is 12.6. The molecule has 0 spiro atoms. The number of ketones is 2. The first kappa shape index (κ1) is 17.4. The molecule has 0 radical (unpaired) electrons. The summed E-state index contributed by atoms with van der Waals surface area (Å²) in [5.74, 6) is -0.374. The van der Waals surface area contributed by atoms with Crippen molar-refractivity contribution in [3.05, 3.63) is 35.4 Å². The van der Waals surface area contributed by atoms with Crippen molar-refractivity contribution < 1.29 is 14.3 Å². The van der Waals surface area contributed by atoms with Crippen LogP contribution in [0.1, 0.15) is 62.9 Å². The van der Waals surface area contributed by atoms with Gasteiger partial charge in [-0.3, -0.25) is 9.59 Å². The minimum Gasteiger partial charge on any atom is -0.370 e. The fraction of sp³-hybridized carbons (Fsp3) is 0.526. The molecule has 1 heterocycles. The minimum absolute atomic E-state index is 0.0243. The van der Waals surface area contributed by atoms with Crippen LogP contribution < -0.4 is 0 Å². The lowest BCUT2D eigenvalue weighted by molar-refractivity contribution is -0.177. The molecule has 0 aliphatic carbocycles. The van der Waals surface area contributed by atoms with E-state index in [1.165, 1.54) is 0 Å². The highest BCUT2D eigenvalue weighted by molar-refractivity contribution is 6.08.